The number of aromatic amines is 1. The standard InChI is InChI=1S/C41H46FN7O5/c1-25(2)36(46-41(53)54-3)40(52)49-18-4-5-35(49)37-43-24-34(45-37)27-8-6-26(7-9-27)32-17-14-30(23-33(32)42)44-38(50)28-12-15-31(16-13-28)47-19-21-48(22-20-47)39(51)29-10-11-29/h6-9,12-17,23-25,29,35-36H,4-5,10-11,18-22H2,1-3H3,(H,43,45)(H,44,50)(H,46,53). The highest BCUT2D eigenvalue weighted by Crippen LogP contribution is 2.34. The van der Waals surface area contributed by atoms with Crippen LogP contribution < -0.4 is 15.5 Å². The van der Waals surface area contributed by atoms with Crippen LogP contribution in [0.2, 0.25) is 0 Å². The molecule has 2 unspecified atom stereocenters. The first-order valence-electron chi connectivity index (χ1n) is 18.6. The average Bonchev–Trinajstić information content (AvgIpc) is 3.71. The van der Waals surface area contributed by atoms with Gasteiger partial charge in [0.25, 0.3) is 5.91 Å². The summed E-state index contributed by atoms with van der Waals surface area (Å²) in [6.07, 6.45) is 4.66. The van der Waals surface area contributed by atoms with Gasteiger partial charge in [0.15, 0.2) is 0 Å². The fourth-order valence-electron chi connectivity index (χ4n) is 7.30. The number of H-pyrrole nitrogens is 1. The summed E-state index contributed by atoms with van der Waals surface area (Å²) in [6, 6.07) is 18.4. The zero-order chi connectivity index (χ0) is 37.9. The first-order chi connectivity index (χ1) is 26.1. The van der Waals surface area contributed by atoms with E-state index in [2.05, 4.69) is 25.5 Å². The van der Waals surface area contributed by atoms with Crippen molar-refractivity contribution >= 4 is 35.2 Å². The number of alkyl carbamates (subject to hydrolysis) is 1. The maximum Gasteiger partial charge on any atom is 0.407 e. The molecule has 3 fully saturated rings. The van der Waals surface area contributed by atoms with Crippen LogP contribution in [0.15, 0.2) is 72.9 Å². The molecule has 1 saturated carbocycles. The number of likely N-dealkylation sites (tertiary alicyclic amines) is 1. The number of aromatic nitrogens is 2. The smallest absolute Gasteiger partial charge is 0.407 e. The van der Waals surface area contributed by atoms with Crippen LogP contribution in [0, 0.1) is 17.7 Å². The van der Waals surface area contributed by atoms with Crippen molar-refractivity contribution in [3.05, 3.63) is 90.1 Å². The molecule has 282 valence electrons. The lowest BCUT2D eigenvalue weighted by Gasteiger charge is -2.36. The van der Waals surface area contributed by atoms with Crippen molar-refractivity contribution in [2.24, 2.45) is 11.8 Å². The molecule has 13 heteroatoms. The largest absolute Gasteiger partial charge is 0.453 e. The molecule has 0 bridgehead atoms. The van der Waals surface area contributed by atoms with E-state index < -0.39 is 18.0 Å². The summed E-state index contributed by atoms with van der Waals surface area (Å²) in [6.45, 7) is 7.24. The number of rotatable bonds is 10. The zero-order valence-electron chi connectivity index (χ0n) is 30.8. The molecule has 1 aliphatic carbocycles. The lowest BCUT2D eigenvalue weighted by atomic mass is 10.0. The minimum Gasteiger partial charge on any atom is -0.453 e. The van der Waals surface area contributed by atoms with Crippen molar-refractivity contribution in [3.8, 4) is 22.4 Å². The van der Waals surface area contributed by atoms with Crippen molar-refractivity contribution in [2.75, 3.05) is 50.1 Å². The van der Waals surface area contributed by atoms with E-state index in [4.69, 9.17) is 4.74 Å². The van der Waals surface area contributed by atoms with Crippen LogP contribution in [0.3, 0.4) is 0 Å². The van der Waals surface area contributed by atoms with Crippen LogP contribution in [0.4, 0.5) is 20.6 Å². The molecule has 2 saturated heterocycles. The number of methoxy groups -OCH3 is 1. The molecule has 4 aromatic rings. The molecule has 2 aliphatic heterocycles. The normalized spacial score (nSPS) is 17.7. The number of hydrogen-bond acceptors (Lipinski definition) is 7. The second-order valence-electron chi connectivity index (χ2n) is 14.6. The van der Waals surface area contributed by atoms with Crippen molar-refractivity contribution in [1.82, 2.24) is 25.1 Å². The number of hydrogen-bond donors (Lipinski definition) is 3. The fourth-order valence-corrected chi connectivity index (χ4v) is 7.30. The number of carbonyl (C=O) groups excluding carboxylic acids is 4. The van der Waals surface area contributed by atoms with Gasteiger partial charge in [-0.15, -0.1) is 0 Å². The molecule has 3 N–H and O–H groups in total. The van der Waals surface area contributed by atoms with Crippen molar-refractivity contribution in [1.29, 1.82) is 0 Å². The molecule has 0 radical (unpaired) electrons. The van der Waals surface area contributed by atoms with Crippen LogP contribution in [-0.4, -0.2) is 89.5 Å². The molecular weight excluding hydrogens is 689 g/mol. The van der Waals surface area contributed by atoms with Crippen molar-refractivity contribution in [3.63, 3.8) is 0 Å². The number of ether oxygens (including phenoxy) is 1. The third kappa shape index (κ3) is 7.95. The fraction of sp³-hybridized carbons (Fsp3) is 0.390. The number of nitrogens with zero attached hydrogens (tertiary/aromatic N) is 4. The predicted octanol–water partition coefficient (Wildman–Crippen LogP) is 6.24. The van der Waals surface area contributed by atoms with E-state index in [9.17, 15) is 19.2 Å². The van der Waals surface area contributed by atoms with E-state index in [1.807, 2.05) is 55.1 Å². The molecular formula is C41H46FN7O5. The third-order valence-corrected chi connectivity index (χ3v) is 10.6. The molecule has 7 rings (SSSR count). The summed E-state index contributed by atoms with van der Waals surface area (Å²) < 4.78 is 20.1. The molecule has 3 heterocycles. The molecule has 4 amide bonds. The van der Waals surface area contributed by atoms with Crippen LogP contribution in [0.1, 0.15) is 61.8 Å². The Kier molecular flexibility index (Phi) is 10.7. The lowest BCUT2D eigenvalue weighted by molar-refractivity contribution is -0.135. The summed E-state index contributed by atoms with van der Waals surface area (Å²) in [7, 11) is 1.27. The van der Waals surface area contributed by atoms with Crippen LogP contribution >= 0.6 is 0 Å². The minimum absolute atomic E-state index is 0.129. The highest BCUT2D eigenvalue weighted by atomic mass is 19.1. The van der Waals surface area contributed by atoms with Crippen molar-refractivity contribution < 1.29 is 28.3 Å². The van der Waals surface area contributed by atoms with Gasteiger partial charge in [0.05, 0.1) is 25.0 Å². The number of piperazine rings is 1. The second-order valence-corrected chi connectivity index (χ2v) is 14.6. The molecule has 12 nitrogen and oxygen atoms in total. The zero-order valence-corrected chi connectivity index (χ0v) is 30.8. The van der Waals surface area contributed by atoms with E-state index >= 15 is 4.39 Å². The van der Waals surface area contributed by atoms with Gasteiger partial charge in [0.2, 0.25) is 11.8 Å². The number of carbonyl (C=O) groups is 4. The first-order valence-corrected chi connectivity index (χ1v) is 18.6. The van der Waals surface area contributed by atoms with Gasteiger partial charge in [-0.05, 0) is 85.2 Å². The van der Waals surface area contributed by atoms with Gasteiger partial charge in [-0.25, -0.2) is 14.2 Å². The number of anilines is 2. The van der Waals surface area contributed by atoms with E-state index in [0.29, 0.717) is 47.8 Å². The molecule has 1 aromatic heterocycles. The molecule has 3 aliphatic rings. The monoisotopic (exact) mass is 735 g/mol. The minimum atomic E-state index is -0.716. The van der Waals surface area contributed by atoms with Gasteiger partial charge in [0.1, 0.15) is 17.7 Å². The molecule has 0 spiro atoms. The SMILES string of the molecule is COC(=O)NC(C(=O)N1CCCC1c1ncc(-c2ccc(-c3ccc(NC(=O)c4ccc(N5CCN(C(=O)C6CC6)CC5)cc4)cc3F)cc2)[nH]1)C(C)C. The summed E-state index contributed by atoms with van der Waals surface area (Å²) in [5.74, 6) is 0.0701. The number of imidazole rings is 1. The quantitative estimate of drug-likeness (QED) is 0.175. The van der Waals surface area contributed by atoms with Crippen LogP contribution in [0.25, 0.3) is 22.4 Å². The summed E-state index contributed by atoms with van der Waals surface area (Å²) in [4.78, 5) is 64.7. The Hall–Kier alpha value is -5.72. The van der Waals surface area contributed by atoms with Gasteiger partial charge in [0, 0.05) is 61.1 Å². The van der Waals surface area contributed by atoms with Crippen LogP contribution in [-0.2, 0) is 14.3 Å². The topological polar surface area (TPSA) is 140 Å². The Morgan fingerprint density at radius 1 is 0.889 bits per heavy atom. The van der Waals surface area contributed by atoms with Gasteiger partial charge in [-0.2, -0.15) is 0 Å². The Balaban J connectivity index is 0.953. The van der Waals surface area contributed by atoms with Gasteiger partial charge >= 0.3 is 6.09 Å². The van der Waals surface area contributed by atoms with Gasteiger partial charge in [-0.1, -0.05) is 38.1 Å². The molecule has 2 atom stereocenters. The second kappa shape index (κ2) is 15.7. The average molecular weight is 736 g/mol. The van der Waals surface area contributed by atoms with Gasteiger partial charge < -0.3 is 35.1 Å². The summed E-state index contributed by atoms with van der Waals surface area (Å²) >= 11 is 0. The maximum atomic E-state index is 15.4. The number of halogens is 1. The van der Waals surface area contributed by atoms with Crippen molar-refractivity contribution in [2.45, 2.75) is 51.6 Å². The molecule has 54 heavy (non-hydrogen) atoms. The Bertz CT molecular complexity index is 2000. The van der Waals surface area contributed by atoms with Gasteiger partial charge in [-0.3, -0.25) is 14.4 Å². The van der Waals surface area contributed by atoms with E-state index in [0.717, 1.165) is 55.7 Å². The van der Waals surface area contributed by atoms with E-state index in [1.54, 1.807) is 35.4 Å². The molecule has 3 aromatic carbocycles. The highest BCUT2D eigenvalue weighted by Gasteiger charge is 2.38. The maximum absolute atomic E-state index is 15.4. The summed E-state index contributed by atoms with van der Waals surface area (Å²) in [5.41, 5.74) is 4.49. The Morgan fingerprint density at radius 3 is 2.24 bits per heavy atom. The Labute approximate surface area is 314 Å². The number of amides is 4. The van der Waals surface area contributed by atoms with E-state index in [-0.39, 0.29) is 35.6 Å². The Morgan fingerprint density at radius 2 is 1.59 bits per heavy atom. The predicted molar refractivity (Wildman–Crippen MR) is 203 cm³/mol. The third-order valence-electron chi connectivity index (χ3n) is 10.6. The summed E-state index contributed by atoms with van der Waals surface area (Å²) in [5, 5.41) is 5.47. The lowest BCUT2D eigenvalue weighted by Crippen LogP contribution is -2.51. The first kappa shape index (κ1) is 36.6. The van der Waals surface area contributed by atoms with E-state index in [1.165, 1.54) is 13.2 Å². The van der Waals surface area contributed by atoms with Crippen LogP contribution in [0.5, 0.6) is 0 Å². The number of nitrogens with one attached hydrogen (secondary N) is 3. The number of benzene rings is 3. The highest BCUT2D eigenvalue weighted by molar-refractivity contribution is 6.04.